The molecule has 0 aliphatic rings. The van der Waals surface area contributed by atoms with Gasteiger partial charge < -0.3 is 19.7 Å². The summed E-state index contributed by atoms with van der Waals surface area (Å²) in [5, 5.41) is 8.91. The summed E-state index contributed by atoms with van der Waals surface area (Å²) in [5.41, 5.74) is 3.03. The van der Waals surface area contributed by atoms with Crippen LogP contribution in [0.3, 0.4) is 0 Å². The molecular weight excluding hydrogens is 308 g/mol. The fraction of sp³-hybridized carbons (Fsp3) is 0.333. The minimum absolute atomic E-state index is 0.190. The van der Waals surface area contributed by atoms with Crippen LogP contribution in [0.2, 0.25) is 0 Å². The number of aromatic amines is 1. The fourth-order valence-electron chi connectivity index (χ4n) is 2.43. The lowest BCUT2D eigenvalue weighted by molar-refractivity contribution is -0.144. The lowest BCUT2D eigenvalue weighted by Gasteiger charge is -2.20. The van der Waals surface area contributed by atoms with Gasteiger partial charge in [-0.25, -0.2) is 0 Å². The van der Waals surface area contributed by atoms with E-state index in [2.05, 4.69) is 4.98 Å². The monoisotopic (exact) mass is 330 g/mol. The van der Waals surface area contributed by atoms with Crippen molar-refractivity contribution in [1.29, 1.82) is 0 Å². The van der Waals surface area contributed by atoms with E-state index in [0.717, 1.165) is 17.0 Å². The third-order valence-electron chi connectivity index (χ3n) is 3.68. The van der Waals surface area contributed by atoms with Crippen LogP contribution < -0.4 is 0 Å². The van der Waals surface area contributed by atoms with Gasteiger partial charge in [-0.3, -0.25) is 9.59 Å². The molecule has 1 amide bonds. The second-order valence-electron chi connectivity index (χ2n) is 5.47. The first-order valence-electron chi connectivity index (χ1n) is 7.82. The van der Waals surface area contributed by atoms with Crippen LogP contribution in [-0.4, -0.2) is 53.7 Å². The third-order valence-corrected chi connectivity index (χ3v) is 3.68. The summed E-state index contributed by atoms with van der Waals surface area (Å²) in [5.74, 6) is -1.21. The molecule has 0 bridgehead atoms. The summed E-state index contributed by atoms with van der Waals surface area (Å²) >= 11 is 0. The van der Waals surface area contributed by atoms with E-state index >= 15 is 0 Å². The van der Waals surface area contributed by atoms with Gasteiger partial charge in [-0.05, 0) is 24.1 Å². The highest BCUT2D eigenvalue weighted by Gasteiger charge is 2.16. The minimum Gasteiger partial charge on any atom is -0.480 e. The lowest BCUT2D eigenvalue weighted by atomic mass is 10.2. The molecule has 0 unspecified atom stereocenters. The van der Waals surface area contributed by atoms with Crippen molar-refractivity contribution in [1.82, 2.24) is 9.88 Å². The van der Waals surface area contributed by atoms with E-state index in [1.54, 1.807) is 0 Å². The van der Waals surface area contributed by atoms with E-state index in [4.69, 9.17) is 9.84 Å². The third kappa shape index (κ3) is 5.24. The van der Waals surface area contributed by atoms with E-state index in [1.807, 2.05) is 42.5 Å². The second-order valence-corrected chi connectivity index (χ2v) is 5.47. The Morgan fingerprint density at radius 3 is 2.58 bits per heavy atom. The lowest BCUT2D eigenvalue weighted by Crippen LogP contribution is -2.38. The molecule has 2 aromatic rings. The number of methoxy groups -OCH3 is 1. The van der Waals surface area contributed by atoms with Crippen molar-refractivity contribution in [2.75, 3.05) is 26.8 Å². The molecule has 128 valence electrons. The maximum Gasteiger partial charge on any atom is 0.323 e. The van der Waals surface area contributed by atoms with Gasteiger partial charge in [0.2, 0.25) is 5.91 Å². The standard InChI is InChI=1S/C18H22N2O4/c1-24-12-11-20(13-18(22)23)17(21)10-8-15-7-9-16(19-15)14-5-3-2-4-6-14/h2-7,9,19H,8,10-13H2,1H3,(H,22,23). The van der Waals surface area contributed by atoms with Gasteiger partial charge in [0.25, 0.3) is 0 Å². The molecule has 6 nitrogen and oxygen atoms in total. The number of aliphatic carboxylic acids is 1. The number of aromatic nitrogens is 1. The number of hydrogen-bond acceptors (Lipinski definition) is 3. The first kappa shape index (κ1) is 17.7. The van der Waals surface area contributed by atoms with Crippen molar-refractivity contribution in [3.63, 3.8) is 0 Å². The number of ether oxygens (including phenoxy) is 1. The van der Waals surface area contributed by atoms with Gasteiger partial charge in [0.15, 0.2) is 0 Å². The number of hydrogen-bond donors (Lipinski definition) is 2. The number of H-pyrrole nitrogens is 1. The van der Waals surface area contributed by atoms with Crippen LogP contribution in [0.5, 0.6) is 0 Å². The summed E-state index contributed by atoms with van der Waals surface area (Å²) in [6.07, 6.45) is 0.792. The summed E-state index contributed by atoms with van der Waals surface area (Å²) in [6, 6.07) is 13.9. The highest BCUT2D eigenvalue weighted by Crippen LogP contribution is 2.18. The average Bonchev–Trinajstić information content (AvgIpc) is 3.06. The summed E-state index contributed by atoms with van der Waals surface area (Å²) in [6.45, 7) is 0.295. The summed E-state index contributed by atoms with van der Waals surface area (Å²) in [4.78, 5) is 27.7. The minimum atomic E-state index is -1.02. The van der Waals surface area contributed by atoms with Crippen molar-refractivity contribution in [3.8, 4) is 11.3 Å². The number of benzene rings is 1. The van der Waals surface area contributed by atoms with Gasteiger partial charge in [-0.1, -0.05) is 30.3 Å². The van der Waals surface area contributed by atoms with Crippen LogP contribution in [0.25, 0.3) is 11.3 Å². The molecule has 1 aromatic carbocycles. The Bertz CT molecular complexity index is 667. The van der Waals surface area contributed by atoms with E-state index in [1.165, 1.54) is 12.0 Å². The Morgan fingerprint density at radius 1 is 1.17 bits per heavy atom. The molecule has 0 aliphatic carbocycles. The highest BCUT2D eigenvalue weighted by molar-refractivity contribution is 5.81. The SMILES string of the molecule is COCCN(CC(=O)O)C(=O)CCc1ccc(-c2ccccc2)[nH]1. The van der Waals surface area contributed by atoms with Crippen LogP contribution in [0.15, 0.2) is 42.5 Å². The Labute approximate surface area is 141 Å². The van der Waals surface area contributed by atoms with Gasteiger partial charge in [-0.2, -0.15) is 0 Å². The Balaban J connectivity index is 1.92. The van der Waals surface area contributed by atoms with Crippen molar-refractivity contribution in [3.05, 3.63) is 48.2 Å². The van der Waals surface area contributed by atoms with Gasteiger partial charge in [0.1, 0.15) is 6.54 Å². The average molecular weight is 330 g/mol. The van der Waals surface area contributed by atoms with E-state index in [0.29, 0.717) is 13.0 Å². The second kappa shape index (κ2) is 8.88. The first-order chi connectivity index (χ1) is 11.6. The number of nitrogens with zero attached hydrogens (tertiary/aromatic N) is 1. The number of carbonyl (C=O) groups is 2. The zero-order chi connectivity index (χ0) is 17.4. The molecular formula is C18H22N2O4. The number of nitrogens with one attached hydrogen (secondary N) is 1. The molecule has 1 aromatic heterocycles. The molecule has 0 spiro atoms. The van der Waals surface area contributed by atoms with Crippen molar-refractivity contribution >= 4 is 11.9 Å². The zero-order valence-corrected chi connectivity index (χ0v) is 13.7. The van der Waals surface area contributed by atoms with Crippen LogP contribution in [0.1, 0.15) is 12.1 Å². The molecule has 2 N–H and O–H groups in total. The topological polar surface area (TPSA) is 82.6 Å². The van der Waals surface area contributed by atoms with Crippen LogP contribution in [-0.2, 0) is 20.7 Å². The van der Waals surface area contributed by atoms with E-state index in [-0.39, 0.29) is 25.4 Å². The van der Waals surface area contributed by atoms with Gasteiger partial charge in [0, 0.05) is 31.5 Å². The molecule has 1 heterocycles. The van der Waals surface area contributed by atoms with E-state index in [9.17, 15) is 9.59 Å². The maximum atomic E-state index is 12.2. The van der Waals surface area contributed by atoms with Crippen LogP contribution in [0, 0.1) is 0 Å². The summed E-state index contributed by atoms with van der Waals surface area (Å²) in [7, 11) is 1.52. The zero-order valence-electron chi connectivity index (χ0n) is 13.7. The predicted molar refractivity (Wildman–Crippen MR) is 90.6 cm³/mol. The van der Waals surface area contributed by atoms with Gasteiger partial charge >= 0.3 is 5.97 Å². The van der Waals surface area contributed by atoms with Crippen LogP contribution >= 0.6 is 0 Å². The number of carboxylic acid groups (broad SMARTS) is 1. The quantitative estimate of drug-likeness (QED) is 0.738. The molecule has 0 saturated heterocycles. The van der Waals surface area contributed by atoms with Gasteiger partial charge in [0.05, 0.1) is 6.61 Å². The molecule has 0 atom stereocenters. The van der Waals surface area contributed by atoms with Gasteiger partial charge in [-0.15, -0.1) is 0 Å². The largest absolute Gasteiger partial charge is 0.480 e. The predicted octanol–water partition coefficient (Wildman–Crippen LogP) is 2.17. The first-order valence-corrected chi connectivity index (χ1v) is 7.82. The maximum absolute atomic E-state index is 12.2. The number of carbonyl (C=O) groups excluding carboxylic acids is 1. The Kier molecular flexibility index (Phi) is 6.57. The molecule has 0 saturated carbocycles. The highest BCUT2D eigenvalue weighted by atomic mass is 16.5. The number of amides is 1. The normalized spacial score (nSPS) is 10.5. The molecule has 2 rings (SSSR count). The number of rotatable bonds is 9. The number of carboxylic acids is 1. The molecule has 0 fully saturated rings. The van der Waals surface area contributed by atoms with Crippen molar-refractivity contribution in [2.24, 2.45) is 0 Å². The van der Waals surface area contributed by atoms with Crippen molar-refractivity contribution < 1.29 is 19.4 Å². The molecule has 24 heavy (non-hydrogen) atoms. The van der Waals surface area contributed by atoms with E-state index < -0.39 is 5.97 Å². The molecule has 6 heteroatoms. The van der Waals surface area contributed by atoms with Crippen molar-refractivity contribution in [2.45, 2.75) is 12.8 Å². The fourth-order valence-corrected chi connectivity index (χ4v) is 2.43. The molecule has 0 aliphatic heterocycles. The number of aryl methyl sites for hydroxylation is 1. The van der Waals surface area contributed by atoms with Crippen LogP contribution in [0.4, 0.5) is 0 Å². The molecule has 0 radical (unpaired) electrons. The smallest absolute Gasteiger partial charge is 0.323 e. The Morgan fingerprint density at radius 2 is 1.92 bits per heavy atom. The summed E-state index contributed by atoms with van der Waals surface area (Å²) < 4.78 is 4.93. The Hall–Kier alpha value is -2.60.